The Morgan fingerprint density at radius 1 is 1.09 bits per heavy atom. The molecule has 1 fully saturated rings. The number of benzene rings is 3. The number of amides is 1. The zero-order chi connectivity index (χ0) is 30.4. The molecule has 43 heavy (non-hydrogen) atoms. The zero-order valence-electron chi connectivity index (χ0n) is 23.4. The van der Waals surface area contributed by atoms with E-state index in [9.17, 15) is 18.8 Å². The van der Waals surface area contributed by atoms with Gasteiger partial charge in [0.25, 0.3) is 15.9 Å². The van der Waals surface area contributed by atoms with Crippen molar-refractivity contribution in [1.82, 2.24) is 9.88 Å². The Morgan fingerprint density at radius 2 is 1.88 bits per heavy atom. The first kappa shape index (κ1) is 28.4. The fraction of sp³-hybridized carbons (Fsp3) is 0.258. The Balaban J connectivity index is 1.69. The van der Waals surface area contributed by atoms with Crippen LogP contribution in [0.5, 0.6) is 11.5 Å². The molecule has 4 aromatic rings. The third-order valence-corrected chi connectivity index (χ3v) is 9.79. The molecule has 220 valence electrons. The molecule has 3 heterocycles. The number of carbonyl (C=O) groups is 1. The van der Waals surface area contributed by atoms with Gasteiger partial charge in [-0.25, -0.2) is 17.7 Å². The van der Waals surface area contributed by atoms with E-state index in [0.717, 1.165) is 4.31 Å². The van der Waals surface area contributed by atoms with Crippen molar-refractivity contribution in [3.8, 4) is 17.6 Å². The molecule has 2 atom stereocenters. The summed E-state index contributed by atoms with van der Waals surface area (Å²) in [6.07, 6.45) is 4.20. The second-order valence-electron chi connectivity index (χ2n) is 10.2. The first-order chi connectivity index (χ1) is 20.8. The lowest BCUT2D eigenvalue weighted by Gasteiger charge is -2.41. The highest BCUT2D eigenvalue weighted by atomic mass is 32.2. The van der Waals surface area contributed by atoms with Crippen molar-refractivity contribution in [2.45, 2.75) is 35.9 Å². The van der Waals surface area contributed by atoms with Crippen LogP contribution in [-0.4, -0.2) is 50.1 Å². The largest absolute Gasteiger partial charge is 0.497 e. The second kappa shape index (κ2) is 10.9. The molecule has 1 N–H and O–H groups in total. The number of sulfonamides is 1. The lowest BCUT2D eigenvalue weighted by atomic mass is 9.79. The molecule has 11 nitrogen and oxygen atoms in total. The van der Waals surface area contributed by atoms with Gasteiger partial charge in [-0.15, -0.1) is 0 Å². The number of likely N-dealkylation sites (tertiary alicyclic amines) is 1. The van der Waals surface area contributed by atoms with Gasteiger partial charge in [0.05, 0.1) is 55.3 Å². The van der Waals surface area contributed by atoms with Crippen molar-refractivity contribution in [3.05, 3.63) is 101 Å². The molecule has 2 aliphatic rings. The van der Waals surface area contributed by atoms with Crippen LogP contribution in [0.4, 0.5) is 5.69 Å². The summed E-state index contributed by atoms with van der Waals surface area (Å²) in [5.74, 6) is 0.355. The first-order valence-corrected chi connectivity index (χ1v) is 15.0. The monoisotopic (exact) mass is 600 g/mol. The summed E-state index contributed by atoms with van der Waals surface area (Å²) >= 11 is 0. The van der Waals surface area contributed by atoms with Gasteiger partial charge < -0.3 is 19.0 Å². The van der Waals surface area contributed by atoms with Crippen LogP contribution in [0.25, 0.3) is 0 Å². The second-order valence-corrected chi connectivity index (χ2v) is 12.0. The standard InChI is InChI=1S/C31H28N4O7S/c1-40-22-7-9-23(10-8-22)43(38,39)35-26-11-5-20(18-32)16-24(26)31(30(35)37,25-17-21(19-36)6-12-28(25)41-2)34-14-3-4-27(34)29-33-13-15-42-29/h5-13,15-17,27,36H,3-4,14,19H2,1-2H3/t27-,31?/m0/s1. The van der Waals surface area contributed by atoms with E-state index in [1.165, 1.54) is 63.1 Å². The number of aliphatic hydroxyl groups excluding tert-OH is 1. The van der Waals surface area contributed by atoms with E-state index in [-0.39, 0.29) is 22.8 Å². The lowest BCUT2D eigenvalue weighted by molar-refractivity contribution is -0.127. The minimum Gasteiger partial charge on any atom is -0.497 e. The van der Waals surface area contributed by atoms with E-state index in [4.69, 9.17) is 13.9 Å². The van der Waals surface area contributed by atoms with Crippen LogP contribution in [0.3, 0.4) is 0 Å². The molecule has 0 spiro atoms. The number of fused-ring (bicyclic) bond motifs is 1. The quantitative estimate of drug-likeness (QED) is 0.316. The van der Waals surface area contributed by atoms with E-state index in [2.05, 4.69) is 11.1 Å². The lowest BCUT2D eigenvalue weighted by Crippen LogP contribution is -2.54. The van der Waals surface area contributed by atoms with Crippen LogP contribution in [-0.2, 0) is 27.0 Å². The van der Waals surface area contributed by atoms with Gasteiger partial charge >= 0.3 is 0 Å². The average molecular weight is 601 g/mol. The number of nitrogens with zero attached hydrogens (tertiary/aromatic N) is 4. The Kier molecular flexibility index (Phi) is 7.17. The van der Waals surface area contributed by atoms with E-state index in [1.54, 1.807) is 24.3 Å². The Labute approximate surface area is 248 Å². The van der Waals surface area contributed by atoms with Crippen molar-refractivity contribution in [1.29, 1.82) is 5.26 Å². The van der Waals surface area contributed by atoms with Crippen LogP contribution in [0.2, 0.25) is 0 Å². The smallest absolute Gasteiger partial charge is 0.271 e. The van der Waals surface area contributed by atoms with Gasteiger partial charge in [0.2, 0.25) is 5.89 Å². The minimum atomic E-state index is -4.47. The Morgan fingerprint density at radius 3 is 2.53 bits per heavy atom. The molecule has 1 amide bonds. The van der Waals surface area contributed by atoms with Crippen molar-refractivity contribution >= 4 is 21.6 Å². The van der Waals surface area contributed by atoms with Gasteiger partial charge in [-0.1, -0.05) is 6.07 Å². The molecular weight excluding hydrogens is 572 g/mol. The van der Waals surface area contributed by atoms with Crippen LogP contribution in [0.1, 0.15) is 47.0 Å². The van der Waals surface area contributed by atoms with Crippen molar-refractivity contribution < 1.29 is 32.2 Å². The van der Waals surface area contributed by atoms with Crippen LogP contribution >= 0.6 is 0 Å². The fourth-order valence-corrected chi connectivity index (χ4v) is 7.65. The van der Waals surface area contributed by atoms with Crippen LogP contribution in [0, 0.1) is 11.3 Å². The van der Waals surface area contributed by atoms with Gasteiger partial charge in [0.1, 0.15) is 17.8 Å². The number of rotatable bonds is 8. The Hall–Kier alpha value is -4.70. The molecular formula is C31H28N4O7S. The number of aromatic nitrogens is 1. The number of methoxy groups -OCH3 is 2. The third kappa shape index (κ3) is 4.27. The number of hydrogen-bond donors (Lipinski definition) is 1. The molecule has 0 aliphatic carbocycles. The number of anilines is 1. The molecule has 0 bridgehead atoms. The maximum absolute atomic E-state index is 15.2. The number of carbonyl (C=O) groups excluding carboxylic acids is 1. The summed E-state index contributed by atoms with van der Waals surface area (Å²) in [5, 5.41) is 20.0. The predicted octanol–water partition coefficient (Wildman–Crippen LogP) is 3.87. The fourth-order valence-electron chi connectivity index (χ4n) is 6.19. The summed E-state index contributed by atoms with van der Waals surface area (Å²) in [6, 6.07) is 16.9. The summed E-state index contributed by atoms with van der Waals surface area (Å²) in [4.78, 5) is 21.4. The van der Waals surface area contributed by atoms with Crippen molar-refractivity contribution in [2.24, 2.45) is 0 Å². The Bertz CT molecular complexity index is 1830. The molecule has 1 saturated heterocycles. The molecule has 1 unspecified atom stereocenters. The number of hydrogen-bond acceptors (Lipinski definition) is 10. The number of aliphatic hydroxyl groups is 1. The molecule has 1 aromatic heterocycles. The summed E-state index contributed by atoms with van der Waals surface area (Å²) in [6.45, 7) is 0.0430. The molecule has 2 aliphatic heterocycles. The van der Waals surface area contributed by atoms with Crippen LogP contribution in [0.15, 0.2) is 82.4 Å². The maximum Gasteiger partial charge on any atom is 0.271 e. The highest BCUT2D eigenvalue weighted by Gasteiger charge is 2.62. The SMILES string of the molecule is COc1ccc(S(=O)(=O)N2C(=O)C(c3cc(CO)ccc3OC)(N3CCC[C@H]3c3ncco3)c3cc(C#N)ccc32)cc1. The highest BCUT2D eigenvalue weighted by Crippen LogP contribution is 2.56. The maximum atomic E-state index is 15.2. The van der Waals surface area contributed by atoms with E-state index < -0.39 is 27.5 Å². The van der Waals surface area contributed by atoms with Crippen LogP contribution < -0.4 is 13.8 Å². The summed E-state index contributed by atoms with van der Waals surface area (Å²) in [5.41, 5.74) is -0.342. The zero-order valence-corrected chi connectivity index (χ0v) is 24.2. The van der Waals surface area contributed by atoms with Crippen molar-refractivity contribution in [3.63, 3.8) is 0 Å². The van der Waals surface area contributed by atoms with E-state index >= 15 is 4.79 Å². The molecule has 0 radical (unpaired) electrons. The summed E-state index contributed by atoms with van der Waals surface area (Å²) < 4.78 is 46.2. The highest BCUT2D eigenvalue weighted by molar-refractivity contribution is 7.93. The van der Waals surface area contributed by atoms with Crippen molar-refractivity contribution in [2.75, 3.05) is 25.1 Å². The van der Waals surface area contributed by atoms with Gasteiger partial charge in [0.15, 0.2) is 5.54 Å². The third-order valence-electron chi connectivity index (χ3n) is 8.08. The van der Waals surface area contributed by atoms with E-state index in [0.29, 0.717) is 53.5 Å². The molecule has 12 heteroatoms. The van der Waals surface area contributed by atoms with E-state index in [1.807, 2.05) is 4.90 Å². The van der Waals surface area contributed by atoms with Gasteiger partial charge in [0, 0.05) is 17.7 Å². The number of oxazole rings is 1. The number of ether oxygens (including phenoxy) is 2. The predicted molar refractivity (Wildman–Crippen MR) is 154 cm³/mol. The normalized spacial score (nSPS) is 20.2. The molecule has 0 saturated carbocycles. The topological polar surface area (TPSA) is 146 Å². The van der Waals surface area contributed by atoms with Gasteiger partial charge in [-0.3, -0.25) is 9.69 Å². The van der Waals surface area contributed by atoms with Gasteiger partial charge in [-0.2, -0.15) is 5.26 Å². The number of nitriles is 1. The average Bonchev–Trinajstić information content (AvgIpc) is 3.79. The minimum absolute atomic E-state index is 0.106. The molecule has 3 aromatic carbocycles. The molecule has 6 rings (SSSR count). The van der Waals surface area contributed by atoms with Gasteiger partial charge in [-0.05, 0) is 73.0 Å². The first-order valence-electron chi connectivity index (χ1n) is 13.5. The summed E-state index contributed by atoms with van der Waals surface area (Å²) in [7, 11) is -1.54.